The molecule has 0 spiro atoms. The smallest absolute Gasteiger partial charge is 0.248 e. The summed E-state index contributed by atoms with van der Waals surface area (Å²) >= 11 is 0. The Labute approximate surface area is 274 Å². The molecule has 0 aromatic carbocycles. The van der Waals surface area contributed by atoms with Crippen LogP contribution >= 0.6 is 0 Å². The van der Waals surface area contributed by atoms with E-state index in [0.717, 1.165) is 25.7 Å². The van der Waals surface area contributed by atoms with Crippen LogP contribution in [-0.2, 0) is 9.59 Å². The van der Waals surface area contributed by atoms with E-state index < -0.39 is 18.1 Å². The van der Waals surface area contributed by atoms with E-state index in [0.29, 0.717) is 19.4 Å². The topological polar surface area (TPSA) is 113 Å². The number of aliphatic hydroxyl groups is 2. The predicted octanol–water partition coefficient (Wildman–Crippen LogP) is 10.1. The molecule has 0 aliphatic heterocycles. The molecule has 264 valence electrons. The fraction of sp³-hybridized carbons (Fsp3) is 0.947. The summed E-state index contributed by atoms with van der Waals surface area (Å²) in [6, 6.07) is 0. The van der Waals surface area contributed by atoms with Gasteiger partial charge in [0, 0.05) is 6.54 Å². The summed E-state index contributed by atoms with van der Waals surface area (Å²) < 4.78 is 0. The highest BCUT2D eigenvalue weighted by molar-refractivity contribution is 5.80. The van der Waals surface area contributed by atoms with Gasteiger partial charge in [0.05, 0.1) is 0 Å². The van der Waals surface area contributed by atoms with Crippen LogP contribution in [0.3, 0.4) is 0 Å². The third-order valence-corrected chi connectivity index (χ3v) is 8.64. The summed E-state index contributed by atoms with van der Waals surface area (Å²) in [6.07, 6.45) is 36.3. The van der Waals surface area contributed by atoms with Gasteiger partial charge < -0.3 is 21.3 Å². The van der Waals surface area contributed by atoms with Gasteiger partial charge in [0.1, 0.15) is 12.2 Å². The van der Waals surface area contributed by atoms with Crippen molar-refractivity contribution in [2.24, 2.45) is 5.73 Å². The van der Waals surface area contributed by atoms with Crippen molar-refractivity contribution in [3.8, 4) is 0 Å². The van der Waals surface area contributed by atoms with Gasteiger partial charge in [-0.2, -0.15) is 0 Å². The second-order valence-corrected chi connectivity index (χ2v) is 13.1. The highest BCUT2D eigenvalue weighted by atomic mass is 16.3. The van der Waals surface area contributed by atoms with E-state index in [1.807, 2.05) is 6.92 Å². The number of likely N-dealkylation sites (N-methyl/N-ethyl adjacent to an activating group) is 1. The van der Waals surface area contributed by atoms with Gasteiger partial charge in [0.2, 0.25) is 11.8 Å². The van der Waals surface area contributed by atoms with Gasteiger partial charge in [0.25, 0.3) is 0 Å². The van der Waals surface area contributed by atoms with Crippen molar-refractivity contribution in [3.05, 3.63) is 0 Å². The van der Waals surface area contributed by atoms with Gasteiger partial charge in [-0.25, -0.2) is 0 Å². The van der Waals surface area contributed by atoms with Crippen molar-refractivity contribution in [2.45, 2.75) is 226 Å². The number of aliphatic hydroxyl groups excluding tert-OH is 2. The average Bonchev–Trinajstić information content (AvgIpc) is 3.01. The average molecular weight is 627 g/mol. The third-order valence-electron chi connectivity index (χ3n) is 8.64. The molecule has 6 nitrogen and oxygen atoms in total. The van der Waals surface area contributed by atoms with E-state index in [1.54, 1.807) is 0 Å². The maximum Gasteiger partial charge on any atom is 0.248 e. The molecule has 0 heterocycles. The molecule has 0 radical (unpaired) electrons. The Bertz CT molecular complexity index is 587. The first kappa shape index (κ1) is 45.0. The first-order valence-corrected chi connectivity index (χ1v) is 19.3. The van der Waals surface area contributed by atoms with Crippen molar-refractivity contribution in [1.82, 2.24) is 5.32 Å². The molecule has 2 atom stereocenters. The van der Waals surface area contributed by atoms with Crippen LogP contribution in [0, 0.1) is 0 Å². The largest absolute Gasteiger partial charge is 0.383 e. The van der Waals surface area contributed by atoms with E-state index >= 15 is 0 Å². The van der Waals surface area contributed by atoms with Crippen molar-refractivity contribution in [3.63, 3.8) is 0 Å². The van der Waals surface area contributed by atoms with Crippen LogP contribution in [0.5, 0.6) is 0 Å². The number of amides is 2. The van der Waals surface area contributed by atoms with Gasteiger partial charge in [0.15, 0.2) is 0 Å². The SMILES string of the molecule is CCCCCCCCCCCCCCCCC(O)C(=O)NCC.CCCCCCCCCCCCCCCCC(O)C(N)=O. The quantitative estimate of drug-likeness (QED) is 0.0543. The highest BCUT2D eigenvalue weighted by Gasteiger charge is 2.12. The van der Waals surface area contributed by atoms with E-state index in [2.05, 4.69) is 19.2 Å². The Morgan fingerprint density at radius 2 is 0.705 bits per heavy atom. The molecule has 0 saturated heterocycles. The fourth-order valence-electron chi connectivity index (χ4n) is 5.63. The van der Waals surface area contributed by atoms with Crippen molar-refractivity contribution >= 4 is 11.8 Å². The molecule has 0 aliphatic carbocycles. The van der Waals surface area contributed by atoms with Crippen LogP contribution in [0.25, 0.3) is 0 Å². The number of primary amides is 1. The minimum atomic E-state index is -0.942. The molecule has 0 aliphatic rings. The molecule has 44 heavy (non-hydrogen) atoms. The number of hydrogen-bond donors (Lipinski definition) is 4. The van der Waals surface area contributed by atoms with Crippen LogP contribution in [0.15, 0.2) is 0 Å². The molecule has 2 unspecified atom stereocenters. The van der Waals surface area contributed by atoms with Gasteiger partial charge in [-0.1, -0.05) is 194 Å². The summed E-state index contributed by atoms with van der Waals surface area (Å²) in [5, 5.41) is 21.5. The van der Waals surface area contributed by atoms with Crippen molar-refractivity contribution < 1.29 is 19.8 Å². The van der Waals surface area contributed by atoms with Crippen molar-refractivity contribution in [2.75, 3.05) is 6.54 Å². The molecular weight excluding hydrogens is 548 g/mol. The Morgan fingerprint density at radius 1 is 0.455 bits per heavy atom. The van der Waals surface area contributed by atoms with Gasteiger partial charge in [-0.3, -0.25) is 9.59 Å². The summed E-state index contributed by atoms with van der Waals surface area (Å²) in [7, 11) is 0. The number of nitrogens with one attached hydrogen (secondary N) is 1. The Morgan fingerprint density at radius 3 is 0.955 bits per heavy atom. The zero-order valence-corrected chi connectivity index (χ0v) is 29.9. The first-order valence-electron chi connectivity index (χ1n) is 19.3. The zero-order valence-electron chi connectivity index (χ0n) is 29.9. The Kier molecular flexibility index (Phi) is 38.9. The lowest BCUT2D eigenvalue weighted by Gasteiger charge is -2.09. The summed E-state index contributed by atoms with van der Waals surface area (Å²) in [4.78, 5) is 22.0. The number of carbonyl (C=O) groups excluding carboxylic acids is 2. The van der Waals surface area contributed by atoms with Gasteiger partial charge in [-0.05, 0) is 19.8 Å². The van der Waals surface area contributed by atoms with Crippen molar-refractivity contribution in [1.29, 1.82) is 0 Å². The number of rotatable bonds is 33. The minimum absolute atomic E-state index is 0.220. The monoisotopic (exact) mass is 627 g/mol. The maximum atomic E-state index is 11.3. The molecule has 0 rings (SSSR count). The van der Waals surface area contributed by atoms with Crippen LogP contribution in [0.1, 0.15) is 213 Å². The molecule has 0 fully saturated rings. The van der Waals surface area contributed by atoms with Crippen LogP contribution in [0.4, 0.5) is 0 Å². The van der Waals surface area contributed by atoms with E-state index in [1.165, 1.54) is 154 Å². The third kappa shape index (κ3) is 37.0. The van der Waals surface area contributed by atoms with E-state index in [9.17, 15) is 19.8 Å². The fourth-order valence-corrected chi connectivity index (χ4v) is 5.63. The number of unbranched alkanes of at least 4 members (excludes halogenated alkanes) is 26. The number of carbonyl (C=O) groups is 2. The number of hydrogen-bond acceptors (Lipinski definition) is 4. The van der Waals surface area contributed by atoms with E-state index in [4.69, 9.17) is 5.73 Å². The van der Waals surface area contributed by atoms with Crippen LogP contribution in [-0.4, -0.2) is 40.8 Å². The number of nitrogens with two attached hydrogens (primary N) is 1. The molecule has 2 amide bonds. The summed E-state index contributed by atoms with van der Waals surface area (Å²) in [5.41, 5.74) is 5.00. The summed E-state index contributed by atoms with van der Waals surface area (Å²) in [6.45, 7) is 7.00. The Hall–Kier alpha value is -1.14. The molecule has 0 aromatic heterocycles. The second-order valence-electron chi connectivity index (χ2n) is 13.1. The lowest BCUT2D eigenvalue weighted by atomic mass is 10.0. The lowest BCUT2D eigenvalue weighted by Crippen LogP contribution is -2.34. The van der Waals surface area contributed by atoms with E-state index in [-0.39, 0.29) is 5.91 Å². The molecule has 5 N–H and O–H groups in total. The van der Waals surface area contributed by atoms with Gasteiger partial charge in [-0.15, -0.1) is 0 Å². The normalized spacial score (nSPS) is 12.4. The standard InChI is InChI=1S/C20H41NO2.C18H37NO2/c1-3-5-6-7-8-9-10-11-12-13-14-15-16-17-18-19(22)20(23)21-4-2;1-2-3-4-5-6-7-8-9-10-11-12-13-14-15-16-17(20)18(19)21/h19,22H,3-18H2,1-2H3,(H,21,23);17,20H,2-16H2,1H3,(H2,19,21). The van der Waals surface area contributed by atoms with Gasteiger partial charge >= 0.3 is 0 Å². The Balaban J connectivity index is 0. The molecular formula is C38H78N2O4. The van der Waals surface area contributed by atoms with Crippen LogP contribution in [0.2, 0.25) is 0 Å². The zero-order chi connectivity index (χ0) is 32.9. The maximum absolute atomic E-state index is 11.3. The molecule has 0 bridgehead atoms. The van der Waals surface area contributed by atoms with Crippen LogP contribution < -0.4 is 11.1 Å². The molecule has 6 heteroatoms. The molecule has 0 aromatic rings. The molecule has 0 saturated carbocycles. The lowest BCUT2D eigenvalue weighted by molar-refractivity contribution is -0.129. The predicted molar refractivity (Wildman–Crippen MR) is 190 cm³/mol. The highest BCUT2D eigenvalue weighted by Crippen LogP contribution is 2.15. The minimum Gasteiger partial charge on any atom is -0.383 e. The summed E-state index contributed by atoms with van der Waals surface area (Å²) in [5.74, 6) is -0.813. The second kappa shape index (κ2) is 38.0. The first-order chi connectivity index (χ1) is 21.4.